The van der Waals surface area contributed by atoms with Gasteiger partial charge in [0.15, 0.2) is 0 Å². The molecule has 0 aliphatic heterocycles. The first kappa shape index (κ1) is 21.3. The molecule has 0 saturated heterocycles. The number of benzene rings is 3. The Kier molecular flexibility index (Phi) is 5.98. The molecule has 4 aromatic rings. The minimum absolute atomic E-state index is 0.125. The summed E-state index contributed by atoms with van der Waals surface area (Å²) in [6, 6.07) is 17.4. The molecule has 1 heterocycles. The molecule has 0 amide bonds. The summed E-state index contributed by atoms with van der Waals surface area (Å²) in [4.78, 5) is 12.9. The zero-order chi connectivity index (χ0) is 22.0. The predicted octanol–water partition coefficient (Wildman–Crippen LogP) is 4.01. The van der Waals surface area contributed by atoms with E-state index in [9.17, 15) is 15.0 Å². The smallest absolute Gasteiger partial charge is 0.200 e. The van der Waals surface area contributed by atoms with Gasteiger partial charge in [-0.3, -0.25) is 4.79 Å². The second-order valence-electron chi connectivity index (χ2n) is 7.65. The number of rotatable bonds is 7. The maximum absolute atomic E-state index is 12.9. The van der Waals surface area contributed by atoms with E-state index in [-0.39, 0.29) is 18.6 Å². The Labute approximate surface area is 183 Å². The Balaban J connectivity index is 1.67. The Hall–Kier alpha value is -2.90. The van der Waals surface area contributed by atoms with Gasteiger partial charge >= 0.3 is 0 Å². The van der Waals surface area contributed by atoms with Crippen LogP contribution in [0, 0.1) is 0 Å². The molecule has 31 heavy (non-hydrogen) atoms. The van der Waals surface area contributed by atoms with Crippen molar-refractivity contribution in [1.82, 2.24) is 0 Å². The lowest BCUT2D eigenvalue weighted by molar-refractivity contribution is 0.115. The van der Waals surface area contributed by atoms with Crippen LogP contribution in [-0.4, -0.2) is 29.0 Å². The maximum atomic E-state index is 12.9. The molecule has 4 N–H and O–H groups in total. The van der Waals surface area contributed by atoms with Gasteiger partial charge in [-0.05, 0) is 66.9 Å². The summed E-state index contributed by atoms with van der Waals surface area (Å²) < 4.78 is 11.9. The Morgan fingerprint density at radius 2 is 1.52 bits per heavy atom. The third-order valence-electron chi connectivity index (χ3n) is 5.30. The molecule has 0 spiro atoms. The molecule has 3 aromatic carbocycles. The zero-order valence-corrected chi connectivity index (χ0v) is 17.4. The fourth-order valence-corrected chi connectivity index (χ4v) is 3.46. The minimum Gasteiger partial charge on any atom is -0.457 e. The summed E-state index contributed by atoms with van der Waals surface area (Å²) in [6.45, 7) is -0.625. The molecule has 0 bridgehead atoms. The van der Waals surface area contributed by atoms with Crippen LogP contribution in [0.5, 0.6) is 11.5 Å². The van der Waals surface area contributed by atoms with E-state index in [1.165, 1.54) is 0 Å². The van der Waals surface area contributed by atoms with Gasteiger partial charge in [-0.1, -0.05) is 17.7 Å². The van der Waals surface area contributed by atoms with Crippen LogP contribution >= 0.6 is 11.6 Å². The number of aliphatic hydroxyl groups excluding tert-OH is 2. The summed E-state index contributed by atoms with van der Waals surface area (Å²) in [7, 11) is 0. The number of fused-ring (bicyclic) bond motifs is 2. The van der Waals surface area contributed by atoms with E-state index in [1.807, 2.05) is 6.07 Å². The highest BCUT2D eigenvalue weighted by Gasteiger charge is 2.22. The molecule has 0 atom stereocenters. The quantitative estimate of drug-likeness (QED) is 0.376. The van der Waals surface area contributed by atoms with Crippen LogP contribution in [-0.2, 0) is 6.42 Å². The molecule has 160 valence electrons. The van der Waals surface area contributed by atoms with E-state index in [4.69, 9.17) is 26.5 Å². The summed E-state index contributed by atoms with van der Waals surface area (Å²) >= 11 is 5.91. The van der Waals surface area contributed by atoms with Crippen molar-refractivity contribution in [3.8, 4) is 11.5 Å². The fourth-order valence-electron chi connectivity index (χ4n) is 3.34. The SMILES string of the molecule is NC(CO)(CO)CCc1ccc2c(=O)c3ccc(Oc4ccc(Cl)cc4)cc3oc2c1. The second kappa shape index (κ2) is 8.69. The fraction of sp³-hybridized carbons (Fsp3) is 0.208. The Morgan fingerprint density at radius 1 is 0.903 bits per heavy atom. The first-order chi connectivity index (χ1) is 14.9. The first-order valence-electron chi connectivity index (χ1n) is 9.84. The van der Waals surface area contributed by atoms with Gasteiger partial charge in [0, 0.05) is 11.1 Å². The van der Waals surface area contributed by atoms with Gasteiger partial charge in [0.1, 0.15) is 22.7 Å². The number of hydrogen-bond donors (Lipinski definition) is 3. The second-order valence-corrected chi connectivity index (χ2v) is 8.09. The Bertz CT molecular complexity index is 1280. The molecular weight excluding hydrogens is 418 g/mol. The van der Waals surface area contributed by atoms with Gasteiger partial charge in [-0.15, -0.1) is 0 Å². The number of ether oxygens (including phenoxy) is 1. The summed E-state index contributed by atoms with van der Waals surface area (Å²) in [5.74, 6) is 1.15. The average molecular weight is 440 g/mol. The van der Waals surface area contributed by atoms with Gasteiger partial charge in [-0.2, -0.15) is 0 Å². The van der Waals surface area contributed by atoms with Crippen molar-refractivity contribution in [1.29, 1.82) is 0 Å². The van der Waals surface area contributed by atoms with Crippen molar-refractivity contribution < 1.29 is 19.4 Å². The van der Waals surface area contributed by atoms with Crippen LogP contribution in [0.15, 0.2) is 69.9 Å². The number of nitrogens with two attached hydrogens (primary N) is 1. The van der Waals surface area contributed by atoms with Crippen LogP contribution in [0.3, 0.4) is 0 Å². The van der Waals surface area contributed by atoms with E-state index < -0.39 is 5.54 Å². The molecule has 0 fully saturated rings. The maximum Gasteiger partial charge on any atom is 0.200 e. The lowest BCUT2D eigenvalue weighted by Gasteiger charge is -2.24. The standard InChI is InChI=1S/C24H22ClNO5/c25-16-2-4-17(5-3-16)30-18-6-8-20-22(12-18)31-21-11-15(1-7-19(21)23(20)29)9-10-24(26,13-27)14-28/h1-8,11-12,27-28H,9-10,13-14,26H2. The van der Waals surface area contributed by atoms with Gasteiger partial charge in [-0.25, -0.2) is 0 Å². The third-order valence-corrected chi connectivity index (χ3v) is 5.55. The number of aryl methyl sites for hydroxylation is 1. The summed E-state index contributed by atoms with van der Waals surface area (Å²) in [5, 5.41) is 20.3. The van der Waals surface area contributed by atoms with Crippen LogP contribution in [0.2, 0.25) is 5.02 Å². The van der Waals surface area contributed by atoms with Crippen molar-refractivity contribution in [2.24, 2.45) is 5.73 Å². The molecular formula is C24H22ClNO5. The average Bonchev–Trinajstić information content (AvgIpc) is 2.79. The lowest BCUT2D eigenvalue weighted by atomic mass is 9.93. The molecule has 0 unspecified atom stereocenters. The van der Waals surface area contributed by atoms with Gasteiger partial charge < -0.3 is 25.1 Å². The van der Waals surface area contributed by atoms with E-state index in [0.29, 0.717) is 51.3 Å². The third kappa shape index (κ3) is 4.57. The predicted molar refractivity (Wildman–Crippen MR) is 121 cm³/mol. The molecule has 6 nitrogen and oxygen atoms in total. The van der Waals surface area contributed by atoms with Crippen molar-refractivity contribution in [2.75, 3.05) is 13.2 Å². The highest BCUT2D eigenvalue weighted by Crippen LogP contribution is 2.28. The lowest BCUT2D eigenvalue weighted by Crippen LogP contribution is -2.47. The molecule has 0 aliphatic rings. The Morgan fingerprint density at radius 3 is 2.19 bits per heavy atom. The summed E-state index contributed by atoms with van der Waals surface area (Å²) in [6.07, 6.45) is 0.914. The highest BCUT2D eigenvalue weighted by molar-refractivity contribution is 6.30. The monoisotopic (exact) mass is 439 g/mol. The zero-order valence-electron chi connectivity index (χ0n) is 16.7. The van der Waals surface area contributed by atoms with Crippen molar-refractivity contribution >= 4 is 33.5 Å². The highest BCUT2D eigenvalue weighted by atomic mass is 35.5. The molecule has 1 aromatic heterocycles. The number of hydrogen-bond acceptors (Lipinski definition) is 6. The molecule has 4 rings (SSSR count). The van der Waals surface area contributed by atoms with Crippen molar-refractivity contribution in [3.63, 3.8) is 0 Å². The number of aliphatic hydroxyl groups is 2. The minimum atomic E-state index is -1.05. The normalized spacial score (nSPS) is 11.9. The van der Waals surface area contributed by atoms with Gasteiger partial charge in [0.05, 0.1) is 29.5 Å². The first-order valence-corrected chi connectivity index (χ1v) is 10.2. The van der Waals surface area contributed by atoms with E-state index in [1.54, 1.807) is 54.6 Å². The molecule has 0 radical (unpaired) electrons. The number of halogens is 1. The van der Waals surface area contributed by atoms with Crippen molar-refractivity contribution in [3.05, 3.63) is 81.5 Å². The largest absolute Gasteiger partial charge is 0.457 e. The van der Waals surface area contributed by atoms with Crippen LogP contribution in [0.4, 0.5) is 0 Å². The van der Waals surface area contributed by atoms with Crippen LogP contribution < -0.4 is 15.9 Å². The van der Waals surface area contributed by atoms with Crippen LogP contribution in [0.25, 0.3) is 21.9 Å². The van der Waals surface area contributed by atoms with E-state index in [2.05, 4.69) is 0 Å². The molecule has 0 aliphatic carbocycles. The molecule has 0 saturated carbocycles. The van der Waals surface area contributed by atoms with Gasteiger partial charge in [0.2, 0.25) is 5.43 Å². The summed E-state index contributed by atoms with van der Waals surface area (Å²) in [5.41, 5.74) is 6.53. The topological polar surface area (TPSA) is 106 Å². The van der Waals surface area contributed by atoms with Crippen molar-refractivity contribution in [2.45, 2.75) is 18.4 Å². The van der Waals surface area contributed by atoms with E-state index in [0.717, 1.165) is 5.56 Å². The van der Waals surface area contributed by atoms with E-state index >= 15 is 0 Å². The molecule has 7 heteroatoms. The van der Waals surface area contributed by atoms with Gasteiger partial charge in [0.25, 0.3) is 0 Å². The van der Waals surface area contributed by atoms with Crippen LogP contribution in [0.1, 0.15) is 12.0 Å².